The largest absolute Gasteiger partial charge is 0.465 e. The Morgan fingerprint density at radius 2 is 2.54 bits per heavy atom. The van der Waals surface area contributed by atoms with Crippen LogP contribution in [0.1, 0.15) is 14.5 Å². The molecule has 13 heavy (non-hydrogen) atoms. The van der Waals surface area contributed by atoms with Crippen molar-refractivity contribution in [2.24, 2.45) is 0 Å². The van der Waals surface area contributed by atoms with Gasteiger partial charge in [-0.3, -0.25) is 0 Å². The average Bonchev–Trinajstić information content (AvgIpc) is 2.46. The molecule has 0 spiro atoms. The van der Waals surface area contributed by atoms with Gasteiger partial charge in [-0.2, -0.15) is 0 Å². The molecule has 1 heterocycles. The minimum absolute atomic E-state index is 0.377. The van der Waals surface area contributed by atoms with Crippen molar-refractivity contribution >= 4 is 23.0 Å². The Labute approximate surface area is 80.8 Å². The SMILES string of the molecule is C=CCc1cc(N)c(C(=O)OC)s1. The van der Waals surface area contributed by atoms with Gasteiger partial charge in [0.15, 0.2) is 0 Å². The quantitative estimate of drug-likeness (QED) is 0.594. The van der Waals surface area contributed by atoms with Crippen molar-refractivity contribution in [3.8, 4) is 0 Å². The van der Waals surface area contributed by atoms with Crippen LogP contribution in [0, 0.1) is 0 Å². The summed E-state index contributed by atoms with van der Waals surface area (Å²) in [4.78, 5) is 12.6. The highest BCUT2D eigenvalue weighted by Gasteiger charge is 2.13. The highest BCUT2D eigenvalue weighted by atomic mass is 32.1. The molecular formula is C9H11NO2S. The van der Waals surface area contributed by atoms with E-state index in [0.29, 0.717) is 10.6 Å². The van der Waals surface area contributed by atoms with Crippen LogP contribution in [0.15, 0.2) is 18.7 Å². The zero-order valence-corrected chi connectivity index (χ0v) is 8.19. The fourth-order valence-electron chi connectivity index (χ4n) is 0.954. The Morgan fingerprint density at radius 3 is 3.08 bits per heavy atom. The second kappa shape index (κ2) is 4.09. The number of nitrogens with two attached hydrogens (primary N) is 1. The first kappa shape index (κ1) is 9.80. The van der Waals surface area contributed by atoms with Crippen LogP contribution in [-0.2, 0) is 11.2 Å². The summed E-state index contributed by atoms with van der Waals surface area (Å²) in [7, 11) is 1.34. The second-order valence-electron chi connectivity index (χ2n) is 2.48. The van der Waals surface area contributed by atoms with E-state index in [0.717, 1.165) is 11.3 Å². The zero-order valence-electron chi connectivity index (χ0n) is 7.37. The topological polar surface area (TPSA) is 52.3 Å². The lowest BCUT2D eigenvalue weighted by Gasteiger charge is -1.94. The van der Waals surface area contributed by atoms with Gasteiger partial charge in [-0.15, -0.1) is 17.9 Å². The molecule has 0 bridgehead atoms. The number of hydrogen-bond acceptors (Lipinski definition) is 4. The maximum Gasteiger partial charge on any atom is 0.350 e. The molecule has 1 aromatic rings. The smallest absolute Gasteiger partial charge is 0.350 e. The number of thiophene rings is 1. The normalized spacial score (nSPS) is 9.62. The van der Waals surface area contributed by atoms with Crippen molar-refractivity contribution < 1.29 is 9.53 Å². The minimum atomic E-state index is -0.377. The van der Waals surface area contributed by atoms with Crippen LogP contribution in [0.5, 0.6) is 0 Å². The molecule has 0 fully saturated rings. The summed E-state index contributed by atoms with van der Waals surface area (Å²) in [5.41, 5.74) is 6.10. The third kappa shape index (κ3) is 2.09. The number of nitrogen functional groups attached to an aromatic ring is 1. The standard InChI is InChI=1S/C9H11NO2S/c1-3-4-6-5-7(10)8(13-6)9(11)12-2/h3,5H,1,4,10H2,2H3. The van der Waals surface area contributed by atoms with Gasteiger partial charge in [0.05, 0.1) is 12.8 Å². The van der Waals surface area contributed by atoms with E-state index in [-0.39, 0.29) is 5.97 Å². The highest BCUT2D eigenvalue weighted by Crippen LogP contribution is 2.25. The van der Waals surface area contributed by atoms with Crippen LogP contribution in [-0.4, -0.2) is 13.1 Å². The van der Waals surface area contributed by atoms with Gasteiger partial charge in [0.1, 0.15) is 4.88 Å². The van der Waals surface area contributed by atoms with Crippen molar-refractivity contribution in [1.82, 2.24) is 0 Å². The van der Waals surface area contributed by atoms with Gasteiger partial charge >= 0.3 is 5.97 Å². The summed E-state index contributed by atoms with van der Waals surface area (Å²) in [6, 6.07) is 1.78. The Bertz CT molecular complexity index is 330. The number of anilines is 1. The van der Waals surface area contributed by atoms with Gasteiger partial charge in [0, 0.05) is 4.88 Å². The van der Waals surface area contributed by atoms with E-state index in [1.165, 1.54) is 18.4 Å². The predicted octanol–water partition coefficient (Wildman–Crippen LogP) is 1.85. The highest BCUT2D eigenvalue weighted by molar-refractivity contribution is 7.14. The van der Waals surface area contributed by atoms with Crippen LogP contribution < -0.4 is 5.73 Å². The van der Waals surface area contributed by atoms with E-state index in [2.05, 4.69) is 11.3 Å². The van der Waals surface area contributed by atoms with Crippen molar-refractivity contribution in [3.05, 3.63) is 28.5 Å². The Hall–Kier alpha value is -1.29. The van der Waals surface area contributed by atoms with E-state index in [4.69, 9.17) is 5.73 Å². The molecule has 0 aromatic carbocycles. The number of methoxy groups -OCH3 is 1. The molecule has 0 saturated heterocycles. The van der Waals surface area contributed by atoms with E-state index in [1.807, 2.05) is 0 Å². The molecule has 0 aliphatic carbocycles. The fourth-order valence-corrected chi connectivity index (χ4v) is 1.95. The van der Waals surface area contributed by atoms with Gasteiger partial charge in [-0.1, -0.05) is 6.08 Å². The lowest BCUT2D eigenvalue weighted by molar-refractivity contribution is 0.0607. The monoisotopic (exact) mass is 197 g/mol. The summed E-state index contributed by atoms with van der Waals surface area (Å²) in [5, 5.41) is 0. The van der Waals surface area contributed by atoms with Gasteiger partial charge in [0.2, 0.25) is 0 Å². The number of allylic oxidation sites excluding steroid dienone is 1. The maximum absolute atomic E-state index is 11.1. The third-order valence-electron chi connectivity index (χ3n) is 1.53. The van der Waals surface area contributed by atoms with Gasteiger partial charge in [0.25, 0.3) is 0 Å². The van der Waals surface area contributed by atoms with Crippen molar-refractivity contribution in [1.29, 1.82) is 0 Å². The van der Waals surface area contributed by atoms with E-state index in [1.54, 1.807) is 12.1 Å². The molecule has 1 rings (SSSR count). The first-order valence-corrected chi connectivity index (χ1v) is 4.58. The second-order valence-corrected chi connectivity index (χ2v) is 3.62. The molecule has 0 atom stereocenters. The van der Waals surface area contributed by atoms with E-state index < -0.39 is 0 Å². The maximum atomic E-state index is 11.1. The molecule has 4 heteroatoms. The predicted molar refractivity (Wildman–Crippen MR) is 54.0 cm³/mol. The van der Waals surface area contributed by atoms with E-state index in [9.17, 15) is 4.79 Å². The molecule has 2 N–H and O–H groups in total. The third-order valence-corrected chi connectivity index (χ3v) is 2.68. The first-order valence-electron chi connectivity index (χ1n) is 3.76. The lowest BCUT2D eigenvalue weighted by Crippen LogP contribution is -2.00. The molecule has 0 radical (unpaired) electrons. The number of ether oxygens (including phenoxy) is 1. The summed E-state index contributed by atoms with van der Waals surface area (Å²) < 4.78 is 4.57. The summed E-state index contributed by atoms with van der Waals surface area (Å²) in [6.45, 7) is 3.61. The zero-order chi connectivity index (χ0) is 9.84. The van der Waals surface area contributed by atoms with Crippen LogP contribution in [0.25, 0.3) is 0 Å². The molecule has 1 aromatic heterocycles. The van der Waals surface area contributed by atoms with Crippen molar-refractivity contribution in [2.45, 2.75) is 6.42 Å². The van der Waals surface area contributed by atoms with Gasteiger partial charge in [-0.25, -0.2) is 4.79 Å². The molecule has 70 valence electrons. The average molecular weight is 197 g/mol. The van der Waals surface area contributed by atoms with Crippen LogP contribution in [0.2, 0.25) is 0 Å². The fraction of sp³-hybridized carbons (Fsp3) is 0.222. The Balaban J connectivity index is 2.95. The lowest BCUT2D eigenvalue weighted by atomic mass is 10.3. The molecular weight excluding hydrogens is 186 g/mol. The van der Waals surface area contributed by atoms with Crippen LogP contribution in [0.3, 0.4) is 0 Å². The molecule has 0 amide bonds. The molecule has 0 aliphatic rings. The number of esters is 1. The number of carbonyl (C=O) groups excluding carboxylic acids is 1. The van der Waals surface area contributed by atoms with E-state index >= 15 is 0 Å². The number of hydrogen-bond donors (Lipinski definition) is 1. The Morgan fingerprint density at radius 1 is 1.85 bits per heavy atom. The van der Waals surface area contributed by atoms with Crippen molar-refractivity contribution in [3.63, 3.8) is 0 Å². The Kier molecular flexibility index (Phi) is 3.08. The summed E-state index contributed by atoms with van der Waals surface area (Å²) in [6.07, 6.45) is 2.50. The molecule has 0 saturated carbocycles. The van der Waals surface area contributed by atoms with Gasteiger partial charge < -0.3 is 10.5 Å². The number of rotatable bonds is 3. The van der Waals surface area contributed by atoms with Crippen LogP contribution >= 0.6 is 11.3 Å². The van der Waals surface area contributed by atoms with Gasteiger partial charge in [-0.05, 0) is 12.5 Å². The first-order chi connectivity index (χ1) is 6.19. The summed E-state index contributed by atoms with van der Waals surface area (Å²) >= 11 is 1.35. The molecule has 0 unspecified atom stereocenters. The van der Waals surface area contributed by atoms with Crippen molar-refractivity contribution in [2.75, 3.05) is 12.8 Å². The molecule has 0 aliphatic heterocycles. The molecule has 3 nitrogen and oxygen atoms in total. The van der Waals surface area contributed by atoms with Crippen LogP contribution in [0.4, 0.5) is 5.69 Å². The number of carbonyl (C=O) groups is 1. The minimum Gasteiger partial charge on any atom is -0.465 e. The summed E-state index contributed by atoms with van der Waals surface area (Å²) in [5.74, 6) is -0.377.